The second kappa shape index (κ2) is 7.41. The van der Waals surface area contributed by atoms with Crippen LogP contribution in [0, 0.1) is 6.92 Å². The molecule has 2 aromatic rings. The predicted octanol–water partition coefficient (Wildman–Crippen LogP) is 2.66. The molecule has 2 rings (SSSR count). The first kappa shape index (κ1) is 17.2. The Bertz CT molecular complexity index is 676. The van der Waals surface area contributed by atoms with Crippen molar-refractivity contribution >= 4 is 23.2 Å². The van der Waals surface area contributed by atoms with E-state index in [1.54, 1.807) is 6.92 Å². The van der Waals surface area contributed by atoms with Crippen LogP contribution in [0.5, 0.6) is 0 Å². The first-order valence-corrected chi connectivity index (χ1v) is 8.16. The fourth-order valence-electron chi connectivity index (χ4n) is 2.10. The molecule has 1 amide bonds. The lowest BCUT2D eigenvalue weighted by Crippen LogP contribution is -2.42. The molecule has 6 nitrogen and oxygen atoms in total. The van der Waals surface area contributed by atoms with Gasteiger partial charge in [-0.15, -0.1) is 11.3 Å². The third-order valence-corrected chi connectivity index (χ3v) is 4.27. The number of aromatic nitrogens is 1. The molecule has 7 heteroatoms. The van der Waals surface area contributed by atoms with Crippen molar-refractivity contribution in [3.63, 3.8) is 0 Å². The van der Waals surface area contributed by atoms with Gasteiger partial charge in [-0.05, 0) is 32.2 Å². The molecule has 124 valence electrons. The molecule has 0 radical (unpaired) electrons. The lowest BCUT2D eigenvalue weighted by Gasteiger charge is -2.25. The predicted molar refractivity (Wildman–Crippen MR) is 87.1 cm³/mol. The van der Waals surface area contributed by atoms with E-state index < -0.39 is 5.97 Å². The highest BCUT2D eigenvalue weighted by Gasteiger charge is 2.23. The van der Waals surface area contributed by atoms with Gasteiger partial charge in [-0.25, -0.2) is 4.98 Å². The molecule has 0 saturated heterocycles. The minimum atomic E-state index is -0.441. The monoisotopic (exact) mass is 336 g/mol. The molecule has 0 bridgehead atoms. The van der Waals surface area contributed by atoms with Crippen LogP contribution in [0.25, 0.3) is 10.8 Å². The van der Waals surface area contributed by atoms with E-state index in [1.807, 2.05) is 31.4 Å². The van der Waals surface area contributed by atoms with Crippen LogP contribution in [0.1, 0.15) is 25.3 Å². The number of hydrogen-bond acceptors (Lipinski definition) is 6. The van der Waals surface area contributed by atoms with Crippen LogP contribution in [0.4, 0.5) is 0 Å². The van der Waals surface area contributed by atoms with Crippen LogP contribution in [0.2, 0.25) is 0 Å². The summed E-state index contributed by atoms with van der Waals surface area (Å²) >= 11 is 1.53. The molecule has 0 atom stereocenters. The molecule has 0 saturated carbocycles. The van der Waals surface area contributed by atoms with Crippen molar-refractivity contribution in [1.29, 1.82) is 0 Å². The number of ether oxygens (including phenoxy) is 1. The average molecular weight is 336 g/mol. The Morgan fingerprint density at radius 1 is 1.43 bits per heavy atom. The number of nitrogens with zero attached hydrogens (tertiary/aromatic N) is 2. The molecule has 0 aliphatic rings. The molecule has 0 spiro atoms. The van der Waals surface area contributed by atoms with E-state index in [2.05, 4.69) is 9.72 Å². The van der Waals surface area contributed by atoms with Gasteiger partial charge in [0.25, 0.3) is 0 Å². The fraction of sp³-hybridized carbons (Fsp3) is 0.438. The third kappa shape index (κ3) is 4.19. The smallest absolute Gasteiger partial charge is 0.325 e. The van der Waals surface area contributed by atoms with E-state index in [1.165, 1.54) is 23.3 Å². The number of carbonyl (C=O) groups is 2. The highest BCUT2D eigenvalue weighted by atomic mass is 32.1. The van der Waals surface area contributed by atoms with Crippen LogP contribution in [-0.4, -0.2) is 41.5 Å². The van der Waals surface area contributed by atoms with Gasteiger partial charge in [0.15, 0.2) is 0 Å². The number of methoxy groups -OCH3 is 1. The van der Waals surface area contributed by atoms with Crippen LogP contribution in [0.3, 0.4) is 0 Å². The summed E-state index contributed by atoms with van der Waals surface area (Å²) in [5, 5.41) is 1.94. The molecule has 0 N–H and O–H groups in total. The standard InChI is InChI=1S/C16H20N2O4S/c1-10(2)18(9-15(20)21-4)14(19)8-12-11(3)22-16(17-12)13-6-5-7-23-13/h5-7,10H,8-9H2,1-4H3. The number of rotatable bonds is 6. The van der Waals surface area contributed by atoms with E-state index in [-0.39, 0.29) is 24.9 Å². The summed E-state index contributed by atoms with van der Waals surface area (Å²) in [6.45, 7) is 5.43. The molecule has 2 aromatic heterocycles. The second-order valence-corrected chi connectivity index (χ2v) is 6.32. The lowest BCUT2D eigenvalue weighted by molar-refractivity contribution is -0.148. The normalized spacial score (nSPS) is 10.8. The number of aryl methyl sites for hydroxylation is 1. The van der Waals surface area contributed by atoms with E-state index in [0.29, 0.717) is 17.3 Å². The summed E-state index contributed by atoms with van der Waals surface area (Å²) in [6, 6.07) is 3.73. The molecule has 0 fully saturated rings. The zero-order chi connectivity index (χ0) is 17.0. The lowest BCUT2D eigenvalue weighted by atomic mass is 10.2. The molecular weight excluding hydrogens is 316 g/mol. The van der Waals surface area contributed by atoms with E-state index in [4.69, 9.17) is 4.42 Å². The zero-order valence-electron chi connectivity index (χ0n) is 13.7. The van der Waals surface area contributed by atoms with Crippen molar-refractivity contribution in [2.24, 2.45) is 0 Å². The highest BCUT2D eigenvalue weighted by molar-refractivity contribution is 7.13. The number of thiophene rings is 1. The number of amides is 1. The Kier molecular flexibility index (Phi) is 5.54. The molecule has 0 aliphatic heterocycles. The van der Waals surface area contributed by atoms with Crippen LogP contribution in [-0.2, 0) is 20.7 Å². The molecule has 0 aliphatic carbocycles. The quantitative estimate of drug-likeness (QED) is 0.758. The molecule has 2 heterocycles. The SMILES string of the molecule is COC(=O)CN(C(=O)Cc1nc(-c2cccs2)oc1C)C(C)C. The van der Waals surface area contributed by atoms with Crippen LogP contribution in [0.15, 0.2) is 21.9 Å². The summed E-state index contributed by atoms with van der Waals surface area (Å²) in [7, 11) is 1.31. The Hall–Kier alpha value is -2.15. The van der Waals surface area contributed by atoms with Crippen molar-refractivity contribution in [3.8, 4) is 10.8 Å². The highest BCUT2D eigenvalue weighted by Crippen LogP contribution is 2.26. The van der Waals surface area contributed by atoms with Crippen molar-refractivity contribution in [2.45, 2.75) is 33.2 Å². The van der Waals surface area contributed by atoms with Gasteiger partial charge in [0, 0.05) is 6.04 Å². The molecular formula is C16H20N2O4S. The van der Waals surface area contributed by atoms with Crippen LogP contribution >= 0.6 is 11.3 Å². The van der Waals surface area contributed by atoms with Crippen molar-refractivity contribution in [3.05, 3.63) is 29.0 Å². The summed E-state index contributed by atoms with van der Waals surface area (Å²) in [5.74, 6) is 0.510. The number of esters is 1. The summed E-state index contributed by atoms with van der Waals surface area (Å²) in [4.78, 5) is 30.8. The van der Waals surface area contributed by atoms with Gasteiger partial charge >= 0.3 is 5.97 Å². The Balaban J connectivity index is 2.14. The van der Waals surface area contributed by atoms with E-state index >= 15 is 0 Å². The van der Waals surface area contributed by atoms with Gasteiger partial charge in [-0.2, -0.15) is 0 Å². The first-order chi connectivity index (χ1) is 10.9. The van der Waals surface area contributed by atoms with Crippen molar-refractivity contribution in [1.82, 2.24) is 9.88 Å². The van der Waals surface area contributed by atoms with Gasteiger partial charge in [-0.1, -0.05) is 6.07 Å². The van der Waals surface area contributed by atoms with E-state index in [0.717, 1.165) is 4.88 Å². The van der Waals surface area contributed by atoms with Gasteiger partial charge < -0.3 is 14.1 Å². The van der Waals surface area contributed by atoms with Gasteiger partial charge in [0.1, 0.15) is 12.3 Å². The third-order valence-electron chi connectivity index (χ3n) is 3.41. The molecule has 0 aromatic carbocycles. The topological polar surface area (TPSA) is 72.6 Å². The second-order valence-electron chi connectivity index (χ2n) is 5.37. The average Bonchev–Trinajstić information content (AvgIpc) is 3.14. The maximum Gasteiger partial charge on any atom is 0.325 e. The summed E-state index contributed by atoms with van der Waals surface area (Å²) in [6.07, 6.45) is 0.0931. The Morgan fingerprint density at radius 2 is 2.17 bits per heavy atom. The number of oxazole rings is 1. The summed E-state index contributed by atoms with van der Waals surface area (Å²) < 4.78 is 10.3. The van der Waals surface area contributed by atoms with E-state index in [9.17, 15) is 9.59 Å². The minimum absolute atomic E-state index is 0.0678. The Morgan fingerprint density at radius 3 is 2.74 bits per heavy atom. The van der Waals surface area contributed by atoms with Gasteiger partial charge in [0.2, 0.25) is 11.8 Å². The van der Waals surface area contributed by atoms with Crippen LogP contribution < -0.4 is 0 Å². The van der Waals surface area contributed by atoms with Crippen molar-refractivity contribution in [2.75, 3.05) is 13.7 Å². The maximum atomic E-state index is 12.5. The van der Waals surface area contributed by atoms with Crippen molar-refractivity contribution < 1.29 is 18.7 Å². The number of carbonyl (C=O) groups excluding carboxylic acids is 2. The Labute approximate surface area is 139 Å². The first-order valence-electron chi connectivity index (χ1n) is 7.28. The maximum absolute atomic E-state index is 12.5. The zero-order valence-corrected chi connectivity index (χ0v) is 14.5. The summed E-state index contributed by atoms with van der Waals surface area (Å²) in [5.41, 5.74) is 0.592. The van der Waals surface area contributed by atoms with Gasteiger partial charge in [-0.3, -0.25) is 9.59 Å². The fourth-order valence-corrected chi connectivity index (χ4v) is 2.75. The largest absolute Gasteiger partial charge is 0.468 e. The molecule has 23 heavy (non-hydrogen) atoms. The molecule has 0 unspecified atom stereocenters. The van der Waals surface area contributed by atoms with Gasteiger partial charge in [0.05, 0.1) is 24.1 Å². The number of hydrogen-bond donors (Lipinski definition) is 0. The minimum Gasteiger partial charge on any atom is -0.468 e.